The number of nitrogens with zero attached hydrogens (tertiary/aromatic N) is 2. The summed E-state index contributed by atoms with van der Waals surface area (Å²) in [5.41, 5.74) is 0.472. The number of halogens is 1. The Morgan fingerprint density at radius 3 is 2.84 bits per heavy atom. The Balaban J connectivity index is 1.85. The van der Waals surface area contributed by atoms with Crippen LogP contribution in [0.1, 0.15) is 32.9 Å². The normalized spacial score (nSPS) is 15.2. The third kappa shape index (κ3) is 3.87. The van der Waals surface area contributed by atoms with Crippen LogP contribution in [0.25, 0.3) is 16.6 Å². The van der Waals surface area contributed by atoms with Crippen LogP contribution in [0.15, 0.2) is 29.1 Å². The number of hydrogen-bond acceptors (Lipinski definition) is 4. The molecule has 1 N–H and O–H groups in total. The number of pyridine rings is 2. The van der Waals surface area contributed by atoms with E-state index >= 15 is 0 Å². The second-order valence-electron chi connectivity index (χ2n) is 7.00. The Kier molecular flexibility index (Phi) is 4.32. The van der Waals surface area contributed by atoms with Crippen molar-refractivity contribution in [1.29, 1.82) is 0 Å². The fraction of sp³-hybridized carbons (Fsp3) is 0.389. The molecule has 0 radical (unpaired) electrons. The number of ether oxygens (including phenoxy) is 1. The van der Waals surface area contributed by atoms with Gasteiger partial charge in [0.05, 0.1) is 12.2 Å². The van der Waals surface area contributed by atoms with E-state index in [1.165, 1.54) is 0 Å². The number of hydrogen-bond donors (Lipinski definition) is 1. The lowest BCUT2D eigenvalue weighted by Gasteiger charge is -2.30. The number of carbonyl (C=O) groups excluding carboxylic acids is 1. The van der Waals surface area contributed by atoms with E-state index in [2.05, 4.69) is 9.97 Å². The molecular formula is C18H20FN3O3. The summed E-state index contributed by atoms with van der Waals surface area (Å²) >= 11 is 0. The molecule has 0 bridgehead atoms. The Hall–Kier alpha value is -2.70. The minimum atomic E-state index is -0.838. The maximum Gasteiger partial charge on any atom is 0.410 e. The first-order valence-electron chi connectivity index (χ1n) is 8.10. The molecule has 0 spiro atoms. The third-order valence-electron chi connectivity index (χ3n) is 3.79. The van der Waals surface area contributed by atoms with Crippen molar-refractivity contribution in [3.63, 3.8) is 0 Å². The molecule has 0 saturated heterocycles. The second-order valence-corrected chi connectivity index (χ2v) is 7.00. The van der Waals surface area contributed by atoms with E-state index in [4.69, 9.17) is 4.74 Å². The Morgan fingerprint density at radius 1 is 1.36 bits per heavy atom. The van der Waals surface area contributed by atoms with Crippen molar-refractivity contribution in [2.75, 3.05) is 13.1 Å². The summed E-state index contributed by atoms with van der Waals surface area (Å²) < 4.78 is 18.7. The number of fused-ring (bicyclic) bond motifs is 1. The molecule has 0 fully saturated rings. The summed E-state index contributed by atoms with van der Waals surface area (Å²) in [5.74, 6) is -0.838. The number of aromatic nitrogens is 2. The van der Waals surface area contributed by atoms with Gasteiger partial charge >= 0.3 is 6.09 Å². The number of amides is 1. The van der Waals surface area contributed by atoms with Gasteiger partial charge in [0.25, 0.3) is 5.56 Å². The van der Waals surface area contributed by atoms with Crippen molar-refractivity contribution < 1.29 is 13.9 Å². The van der Waals surface area contributed by atoms with Gasteiger partial charge in [-0.2, -0.15) is 0 Å². The molecule has 3 rings (SSSR count). The zero-order chi connectivity index (χ0) is 18.2. The van der Waals surface area contributed by atoms with Crippen LogP contribution in [0.3, 0.4) is 0 Å². The average Bonchev–Trinajstić information content (AvgIpc) is 2.54. The van der Waals surface area contributed by atoms with Gasteiger partial charge in [0.1, 0.15) is 11.2 Å². The van der Waals surface area contributed by atoms with E-state index in [1.807, 2.05) is 26.8 Å². The predicted molar refractivity (Wildman–Crippen MR) is 92.7 cm³/mol. The fourth-order valence-electron chi connectivity index (χ4n) is 2.65. The van der Waals surface area contributed by atoms with Gasteiger partial charge in [-0.3, -0.25) is 4.79 Å². The SMILES string of the molecule is CC(C)(C)OC(=O)N1CCC=C(c2ccc3cc(F)c(=O)[nH]c3n2)C1. The number of aromatic amines is 1. The summed E-state index contributed by atoms with van der Waals surface area (Å²) in [6.45, 7) is 6.43. The highest BCUT2D eigenvalue weighted by Gasteiger charge is 2.25. The van der Waals surface area contributed by atoms with Crippen LogP contribution in [0.5, 0.6) is 0 Å². The van der Waals surface area contributed by atoms with Crippen LogP contribution < -0.4 is 5.56 Å². The maximum atomic E-state index is 13.3. The van der Waals surface area contributed by atoms with Gasteiger partial charge in [0.2, 0.25) is 0 Å². The first kappa shape index (κ1) is 17.1. The highest BCUT2D eigenvalue weighted by molar-refractivity contribution is 5.79. The summed E-state index contributed by atoms with van der Waals surface area (Å²) in [4.78, 5) is 32.1. The van der Waals surface area contributed by atoms with Crippen LogP contribution >= 0.6 is 0 Å². The first-order valence-corrected chi connectivity index (χ1v) is 8.10. The van der Waals surface area contributed by atoms with Crippen molar-refractivity contribution in [1.82, 2.24) is 14.9 Å². The smallest absolute Gasteiger partial charge is 0.410 e. The molecule has 132 valence electrons. The molecular weight excluding hydrogens is 325 g/mol. The molecule has 2 aromatic heterocycles. The predicted octanol–water partition coefficient (Wildman–Crippen LogP) is 3.09. The van der Waals surface area contributed by atoms with Crippen LogP contribution in [-0.4, -0.2) is 39.7 Å². The van der Waals surface area contributed by atoms with Gasteiger partial charge in [-0.1, -0.05) is 6.08 Å². The molecule has 25 heavy (non-hydrogen) atoms. The summed E-state index contributed by atoms with van der Waals surface area (Å²) in [6, 6.07) is 4.61. The van der Waals surface area contributed by atoms with E-state index in [9.17, 15) is 14.0 Å². The average molecular weight is 345 g/mol. The van der Waals surface area contributed by atoms with Gasteiger partial charge in [-0.25, -0.2) is 14.2 Å². The number of carbonyl (C=O) groups is 1. The Morgan fingerprint density at radius 2 is 2.12 bits per heavy atom. The van der Waals surface area contributed by atoms with Crippen LogP contribution in [0.4, 0.5) is 9.18 Å². The van der Waals surface area contributed by atoms with E-state index in [1.54, 1.807) is 17.0 Å². The van der Waals surface area contributed by atoms with E-state index in [0.29, 0.717) is 36.2 Å². The monoisotopic (exact) mass is 345 g/mol. The van der Waals surface area contributed by atoms with Crippen LogP contribution in [0, 0.1) is 5.82 Å². The molecule has 0 saturated carbocycles. The van der Waals surface area contributed by atoms with Gasteiger partial charge in [-0.15, -0.1) is 0 Å². The lowest BCUT2D eigenvalue weighted by atomic mass is 10.1. The lowest BCUT2D eigenvalue weighted by Crippen LogP contribution is -2.39. The highest BCUT2D eigenvalue weighted by atomic mass is 19.1. The zero-order valence-electron chi connectivity index (χ0n) is 14.4. The summed E-state index contributed by atoms with van der Waals surface area (Å²) in [7, 11) is 0. The lowest BCUT2D eigenvalue weighted by molar-refractivity contribution is 0.0273. The minimum absolute atomic E-state index is 0.319. The Labute approximate surface area is 144 Å². The van der Waals surface area contributed by atoms with Crippen molar-refractivity contribution in [2.24, 2.45) is 0 Å². The molecule has 0 aromatic carbocycles. The largest absolute Gasteiger partial charge is 0.444 e. The van der Waals surface area contributed by atoms with Gasteiger partial charge < -0.3 is 14.6 Å². The van der Waals surface area contributed by atoms with Gasteiger partial charge in [-0.05, 0) is 51.0 Å². The van der Waals surface area contributed by atoms with E-state index in [0.717, 1.165) is 11.6 Å². The van der Waals surface area contributed by atoms with E-state index in [-0.39, 0.29) is 6.09 Å². The summed E-state index contributed by atoms with van der Waals surface area (Å²) in [5, 5.41) is 0.515. The minimum Gasteiger partial charge on any atom is -0.444 e. The quantitative estimate of drug-likeness (QED) is 0.862. The van der Waals surface area contributed by atoms with Crippen LogP contribution in [0.2, 0.25) is 0 Å². The van der Waals surface area contributed by atoms with E-state index < -0.39 is 17.0 Å². The number of rotatable bonds is 1. The van der Waals surface area contributed by atoms with Crippen molar-refractivity contribution in [3.8, 4) is 0 Å². The zero-order valence-corrected chi connectivity index (χ0v) is 14.4. The summed E-state index contributed by atoms with van der Waals surface area (Å²) in [6.07, 6.45) is 2.33. The number of H-pyrrole nitrogens is 1. The topological polar surface area (TPSA) is 75.3 Å². The van der Waals surface area contributed by atoms with Gasteiger partial charge in [0.15, 0.2) is 5.82 Å². The maximum absolute atomic E-state index is 13.3. The molecule has 7 heteroatoms. The fourth-order valence-corrected chi connectivity index (χ4v) is 2.65. The molecule has 0 aliphatic carbocycles. The second kappa shape index (κ2) is 6.31. The molecule has 1 amide bonds. The first-order chi connectivity index (χ1) is 11.7. The number of nitrogens with one attached hydrogen (secondary N) is 1. The standard InChI is InChI=1S/C18H20FN3O3/c1-18(2,3)25-17(24)22-8-4-5-12(10-22)14-7-6-11-9-13(19)16(23)21-15(11)20-14/h5-7,9H,4,8,10H2,1-3H3,(H,20,21,23). The Bertz CT molecular complexity index is 912. The molecule has 6 nitrogen and oxygen atoms in total. The molecule has 0 atom stereocenters. The molecule has 1 aliphatic rings. The molecule has 2 aromatic rings. The molecule has 3 heterocycles. The highest BCUT2D eigenvalue weighted by Crippen LogP contribution is 2.22. The van der Waals surface area contributed by atoms with Crippen LogP contribution in [-0.2, 0) is 4.74 Å². The molecule has 1 aliphatic heterocycles. The van der Waals surface area contributed by atoms with Gasteiger partial charge in [0, 0.05) is 11.9 Å². The van der Waals surface area contributed by atoms with Crippen molar-refractivity contribution in [2.45, 2.75) is 32.8 Å². The van der Waals surface area contributed by atoms with Crippen molar-refractivity contribution >= 4 is 22.7 Å². The van der Waals surface area contributed by atoms with Crippen molar-refractivity contribution in [3.05, 3.63) is 46.1 Å². The third-order valence-corrected chi connectivity index (χ3v) is 3.79. The molecule has 0 unspecified atom stereocenters.